The van der Waals surface area contributed by atoms with E-state index in [-0.39, 0.29) is 24.1 Å². The van der Waals surface area contributed by atoms with Gasteiger partial charge in [-0.05, 0) is 40.0 Å². The van der Waals surface area contributed by atoms with Crippen molar-refractivity contribution in [3.8, 4) is 0 Å². The van der Waals surface area contributed by atoms with Gasteiger partial charge in [0, 0.05) is 12.1 Å². The lowest BCUT2D eigenvalue weighted by atomic mass is 10.2. The monoisotopic (exact) mass is 284 g/mol. The van der Waals surface area contributed by atoms with Crippen LogP contribution in [0.1, 0.15) is 40.0 Å². The molecule has 6 heteroatoms. The largest absolute Gasteiger partial charge is 0.468 e. The van der Waals surface area contributed by atoms with Crippen LogP contribution in [-0.2, 0) is 14.3 Å². The number of amides is 1. The van der Waals surface area contributed by atoms with Gasteiger partial charge in [-0.25, -0.2) is 4.79 Å². The number of rotatable bonds is 1. The fraction of sp³-hybridized carbons (Fsp3) is 0.857. The van der Waals surface area contributed by atoms with E-state index in [0.717, 1.165) is 19.3 Å². The quantitative estimate of drug-likeness (QED) is 0.735. The lowest BCUT2D eigenvalue weighted by Gasteiger charge is -2.32. The maximum atomic E-state index is 12.3. The molecule has 2 rings (SSSR count). The molecule has 1 aliphatic carbocycles. The highest BCUT2D eigenvalue weighted by molar-refractivity contribution is 5.77. The zero-order valence-corrected chi connectivity index (χ0v) is 12.6. The minimum atomic E-state index is -0.532. The van der Waals surface area contributed by atoms with Crippen molar-refractivity contribution in [2.45, 2.75) is 63.8 Å². The molecule has 3 unspecified atom stereocenters. The summed E-state index contributed by atoms with van der Waals surface area (Å²) >= 11 is 0. The molecule has 3 atom stereocenters. The third-order valence-corrected chi connectivity index (χ3v) is 3.78. The smallest absolute Gasteiger partial charge is 0.410 e. The average molecular weight is 284 g/mol. The molecule has 1 heterocycles. The Kier molecular flexibility index (Phi) is 4.22. The van der Waals surface area contributed by atoms with Gasteiger partial charge in [0.05, 0.1) is 13.7 Å². The molecular weight excluding hydrogens is 260 g/mol. The molecule has 0 radical (unpaired) electrons. The molecule has 0 aromatic heterocycles. The SMILES string of the molecule is COC(=O)C1CN(C(=O)OC(C)(C)C)C2CCC(C2)N1. The number of ether oxygens (including phenoxy) is 2. The van der Waals surface area contributed by atoms with Gasteiger partial charge in [-0.2, -0.15) is 0 Å². The van der Waals surface area contributed by atoms with Gasteiger partial charge in [-0.15, -0.1) is 0 Å². The van der Waals surface area contributed by atoms with Gasteiger partial charge in [-0.1, -0.05) is 0 Å². The first kappa shape index (κ1) is 15.1. The number of nitrogens with zero attached hydrogens (tertiary/aromatic N) is 1. The second kappa shape index (κ2) is 5.60. The van der Waals surface area contributed by atoms with Gasteiger partial charge >= 0.3 is 12.1 Å². The lowest BCUT2D eigenvalue weighted by Crippen LogP contribution is -2.51. The first-order valence-corrected chi connectivity index (χ1v) is 7.13. The summed E-state index contributed by atoms with van der Waals surface area (Å²) in [4.78, 5) is 25.8. The molecular formula is C14H24N2O4. The molecule has 1 aliphatic heterocycles. The van der Waals surface area contributed by atoms with E-state index in [1.807, 2.05) is 20.8 Å². The Bertz CT molecular complexity index is 391. The minimum Gasteiger partial charge on any atom is -0.468 e. The highest BCUT2D eigenvalue weighted by Gasteiger charge is 2.41. The van der Waals surface area contributed by atoms with E-state index in [9.17, 15) is 9.59 Å². The predicted octanol–water partition coefficient (Wildman–Crippen LogP) is 1.29. The number of fused-ring (bicyclic) bond motifs is 2. The Morgan fingerprint density at radius 1 is 1.25 bits per heavy atom. The van der Waals surface area contributed by atoms with E-state index in [1.54, 1.807) is 4.90 Å². The minimum absolute atomic E-state index is 0.150. The lowest BCUT2D eigenvalue weighted by molar-refractivity contribution is -0.143. The summed E-state index contributed by atoms with van der Waals surface area (Å²) in [5.74, 6) is -0.328. The molecule has 1 saturated carbocycles. The number of carbonyl (C=O) groups is 2. The summed E-state index contributed by atoms with van der Waals surface area (Å²) in [6.07, 6.45) is 2.44. The van der Waals surface area contributed by atoms with E-state index in [1.165, 1.54) is 7.11 Å². The summed E-state index contributed by atoms with van der Waals surface area (Å²) in [7, 11) is 1.37. The van der Waals surface area contributed by atoms with Crippen LogP contribution in [0.5, 0.6) is 0 Å². The van der Waals surface area contributed by atoms with Crippen LogP contribution in [0, 0.1) is 0 Å². The zero-order chi connectivity index (χ0) is 14.9. The molecule has 0 aromatic rings. The Hall–Kier alpha value is -1.30. The van der Waals surface area contributed by atoms with Crippen molar-refractivity contribution in [2.24, 2.45) is 0 Å². The number of hydrogen-bond donors (Lipinski definition) is 1. The Morgan fingerprint density at radius 3 is 2.55 bits per heavy atom. The highest BCUT2D eigenvalue weighted by Crippen LogP contribution is 2.29. The molecule has 2 aliphatic rings. The van der Waals surface area contributed by atoms with E-state index in [4.69, 9.17) is 9.47 Å². The summed E-state index contributed by atoms with van der Waals surface area (Å²) in [6.45, 7) is 5.84. The third kappa shape index (κ3) is 3.42. The number of hydrogen-bond acceptors (Lipinski definition) is 5. The number of nitrogens with one attached hydrogen (secondary N) is 1. The van der Waals surface area contributed by atoms with Crippen LogP contribution < -0.4 is 5.32 Å². The molecule has 2 fully saturated rings. The van der Waals surface area contributed by atoms with Crippen LogP contribution in [0.15, 0.2) is 0 Å². The summed E-state index contributed by atoms with van der Waals surface area (Å²) in [5.41, 5.74) is -0.532. The molecule has 2 bridgehead atoms. The van der Waals surface area contributed by atoms with Crippen LogP contribution >= 0.6 is 0 Å². The van der Waals surface area contributed by atoms with Gasteiger partial charge in [0.2, 0.25) is 0 Å². The van der Waals surface area contributed by atoms with Crippen LogP contribution in [-0.4, -0.2) is 54.3 Å². The topological polar surface area (TPSA) is 67.9 Å². The number of methoxy groups -OCH3 is 1. The van der Waals surface area contributed by atoms with Gasteiger partial charge in [0.15, 0.2) is 0 Å². The van der Waals surface area contributed by atoms with E-state index in [2.05, 4.69) is 5.32 Å². The predicted molar refractivity (Wildman–Crippen MR) is 73.3 cm³/mol. The Labute approximate surface area is 119 Å². The van der Waals surface area contributed by atoms with Crippen molar-refractivity contribution in [1.82, 2.24) is 10.2 Å². The van der Waals surface area contributed by atoms with Crippen LogP contribution in [0.4, 0.5) is 4.79 Å². The van der Waals surface area contributed by atoms with Crippen molar-refractivity contribution in [2.75, 3.05) is 13.7 Å². The molecule has 1 amide bonds. The highest BCUT2D eigenvalue weighted by atomic mass is 16.6. The molecule has 1 saturated heterocycles. The summed E-state index contributed by atoms with van der Waals surface area (Å²) in [5, 5.41) is 3.28. The fourth-order valence-corrected chi connectivity index (χ4v) is 2.90. The molecule has 1 N–H and O–H groups in total. The van der Waals surface area contributed by atoms with Crippen molar-refractivity contribution in [1.29, 1.82) is 0 Å². The normalized spacial score (nSPS) is 29.8. The van der Waals surface area contributed by atoms with E-state index >= 15 is 0 Å². The molecule has 20 heavy (non-hydrogen) atoms. The first-order valence-electron chi connectivity index (χ1n) is 7.13. The van der Waals surface area contributed by atoms with Gasteiger partial charge in [-0.3, -0.25) is 4.79 Å². The summed E-state index contributed by atoms with van der Waals surface area (Å²) < 4.78 is 10.3. The molecule has 0 aromatic carbocycles. The Morgan fingerprint density at radius 2 is 1.95 bits per heavy atom. The van der Waals surface area contributed by atoms with Crippen LogP contribution in [0.3, 0.4) is 0 Å². The van der Waals surface area contributed by atoms with Crippen molar-refractivity contribution >= 4 is 12.1 Å². The number of esters is 1. The second-order valence-electron chi connectivity index (χ2n) is 6.54. The second-order valence-corrected chi connectivity index (χ2v) is 6.54. The standard InChI is InChI=1S/C14H24N2O4/c1-14(2,3)20-13(18)16-8-11(12(17)19-4)15-9-5-6-10(16)7-9/h9-11,15H,5-8H2,1-4H3. The maximum Gasteiger partial charge on any atom is 0.410 e. The molecule has 0 spiro atoms. The van der Waals surface area contributed by atoms with Gasteiger partial charge in [0.25, 0.3) is 0 Å². The number of carbonyl (C=O) groups excluding carboxylic acids is 2. The van der Waals surface area contributed by atoms with E-state index < -0.39 is 11.6 Å². The zero-order valence-electron chi connectivity index (χ0n) is 12.6. The maximum absolute atomic E-state index is 12.3. The molecule has 114 valence electrons. The first-order chi connectivity index (χ1) is 9.30. The van der Waals surface area contributed by atoms with E-state index in [0.29, 0.717) is 6.54 Å². The van der Waals surface area contributed by atoms with Crippen LogP contribution in [0.2, 0.25) is 0 Å². The Balaban J connectivity index is 2.12. The van der Waals surface area contributed by atoms with Crippen molar-refractivity contribution in [3.63, 3.8) is 0 Å². The third-order valence-electron chi connectivity index (χ3n) is 3.78. The van der Waals surface area contributed by atoms with Crippen molar-refractivity contribution < 1.29 is 19.1 Å². The summed E-state index contributed by atoms with van der Waals surface area (Å²) in [6, 6.07) is -0.0450. The molecule has 6 nitrogen and oxygen atoms in total. The van der Waals surface area contributed by atoms with Crippen LogP contribution in [0.25, 0.3) is 0 Å². The van der Waals surface area contributed by atoms with Gasteiger partial charge < -0.3 is 19.7 Å². The van der Waals surface area contributed by atoms with Gasteiger partial charge in [0.1, 0.15) is 11.6 Å². The van der Waals surface area contributed by atoms with Crippen molar-refractivity contribution in [3.05, 3.63) is 0 Å². The fourth-order valence-electron chi connectivity index (χ4n) is 2.90. The average Bonchev–Trinajstić information content (AvgIpc) is 2.68.